The molecule has 1 N–H and O–H groups in total. The highest BCUT2D eigenvalue weighted by molar-refractivity contribution is 8.00. The molecule has 198 valence electrons. The highest BCUT2D eigenvalue weighted by atomic mass is 32.2. The molecule has 3 aromatic rings. The number of hydrogen-bond acceptors (Lipinski definition) is 9. The lowest BCUT2D eigenvalue weighted by Gasteiger charge is -2.16. The van der Waals surface area contributed by atoms with Crippen LogP contribution in [0.15, 0.2) is 41.3 Å². The van der Waals surface area contributed by atoms with Gasteiger partial charge in [0.1, 0.15) is 0 Å². The number of hydrogen-bond donors (Lipinski definition) is 1. The molecule has 3 rings (SSSR count). The van der Waals surface area contributed by atoms with Gasteiger partial charge in [-0.25, -0.2) is 4.39 Å². The smallest absolute Gasteiger partial charge is 0.203 e. The molecule has 3 aromatic carbocycles. The first-order valence-electron chi connectivity index (χ1n) is 11.0. The van der Waals surface area contributed by atoms with Crippen LogP contribution in [-0.2, 0) is 0 Å². The molecule has 0 atom stereocenters. The molecule has 0 saturated heterocycles. The zero-order valence-corrected chi connectivity index (χ0v) is 22.6. The summed E-state index contributed by atoms with van der Waals surface area (Å²) >= 11 is 1.19. The van der Waals surface area contributed by atoms with E-state index in [0.29, 0.717) is 40.1 Å². The van der Waals surface area contributed by atoms with Crippen molar-refractivity contribution in [2.24, 2.45) is 0 Å². The summed E-state index contributed by atoms with van der Waals surface area (Å²) in [7, 11) is 10.7. The molecule has 8 nitrogen and oxygen atoms in total. The molecule has 10 heteroatoms. The molecular formula is C27H30FNO7S. The van der Waals surface area contributed by atoms with Crippen LogP contribution < -0.4 is 37.9 Å². The van der Waals surface area contributed by atoms with E-state index in [1.165, 1.54) is 40.4 Å². The number of nitrogens with one attached hydrogen (secondary N) is 1. The highest BCUT2D eigenvalue weighted by Crippen LogP contribution is 2.42. The summed E-state index contributed by atoms with van der Waals surface area (Å²) in [5, 5.41) is 0. The predicted octanol–water partition coefficient (Wildman–Crippen LogP) is 6.18. The highest BCUT2D eigenvalue weighted by Gasteiger charge is 2.17. The lowest BCUT2D eigenvalue weighted by atomic mass is 10.1. The fourth-order valence-corrected chi connectivity index (χ4v) is 4.34. The Morgan fingerprint density at radius 2 is 1.11 bits per heavy atom. The van der Waals surface area contributed by atoms with Crippen LogP contribution in [0.5, 0.6) is 40.2 Å². The zero-order chi connectivity index (χ0) is 26.9. The van der Waals surface area contributed by atoms with E-state index in [1.54, 1.807) is 63.8 Å². The van der Waals surface area contributed by atoms with E-state index < -0.39 is 5.82 Å². The molecule has 0 heterocycles. The first-order valence-corrected chi connectivity index (χ1v) is 11.8. The molecule has 0 aromatic heterocycles. The van der Waals surface area contributed by atoms with Gasteiger partial charge in [-0.05, 0) is 53.9 Å². The third kappa shape index (κ3) is 6.08. The lowest BCUT2D eigenvalue weighted by Crippen LogP contribution is -1.99. The Morgan fingerprint density at radius 1 is 0.622 bits per heavy atom. The van der Waals surface area contributed by atoms with Crippen molar-refractivity contribution in [3.8, 4) is 40.2 Å². The van der Waals surface area contributed by atoms with Gasteiger partial charge in [0.15, 0.2) is 34.6 Å². The molecule has 0 saturated carbocycles. The molecule has 37 heavy (non-hydrogen) atoms. The van der Waals surface area contributed by atoms with Crippen molar-refractivity contribution >= 4 is 29.8 Å². The Hall–Kier alpha value is -3.92. The van der Waals surface area contributed by atoms with Crippen LogP contribution in [0.4, 0.5) is 10.1 Å². The van der Waals surface area contributed by atoms with Crippen molar-refractivity contribution in [1.29, 1.82) is 0 Å². The topological polar surface area (TPSA) is 76.6 Å². The Labute approximate surface area is 220 Å². The summed E-state index contributed by atoms with van der Waals surface area (Å²) < 4.78 is 56.1. The summed E-state index contributed by atoms with van der Waals surface area (Å²) in [6.07, 6.45) is 3.60. The van der Waals surface area contributed by atoms with Gasteiger partial charge in [0.25, 0.3) is 0 Å². The van der Waals surface area contributed by atoms with Gasteiger partial charge in [0, 0.05) is 10.5 Å². The van der Waals surface area contributed by atoms with Crippen molar-refractivity contribution in [2.75, 3.05) is 54.5 Å². The molecule has 0 unspecified atom stereocenters. The molecule has 0 spiro atoms. The van der Waals surface area contributed by atoms with E-state index >= 15 is 4.39 Å². The standard InChI is InChI=1S/C27H30FNO7S/c1-30-19-11-10-17(9-8-16-12-20(31-2)26(35-6)21(13-16)32-3)25(24(19)28)29-37-18-14-22(33-4)27(36-7)23(15-18)34-5/h8-15,29H,1-7H3/b9-8-. The molecule has 0 aliphatic carbocycles. The lowest BCUT2D eigenvalue weighted by molar-refractivity contribution is 0.323. The second-order valence-corrected chi connectivity index (χ2v) is 8.28. The minimum atomic E-state index is -0.533. The minimum absolute atomic E-state index is 0.109. The maximum absolute atomic E-state index is 15.3. The maximum atomic E-state index is 15.3. The third-order valence-corrected chi connectivity index (χ3v) is 6.19. The first-order chi connectivity index (χ1) is 17.9. The maximum Gasteiger partial charge on any atom is 0.203 e. The van der Waals surface area contributed by atoms with Crippen LogP contribution in [0.1, 0.15) is 11.1 Å². The fraction of sp³-hybridized carbons (Fsp3) is 0.259. The average Bonchev–Trinajstić information content (AvgIpc) is 2.93. The second-order valence-electron chi connectivity index (χ2n) is 7.40. The van der Waals surface area contributed by atoms with Gasteiger partial charge >= 0.3 is 0 Å². The van der Waals surface area contributed by atoms with E-state index in [-0.39, 0.29) is 11.4 Å². The van der Waals surface area contributed by atoms with Crippen LogP contribution >= 0.6 is 11.9 Å². The van der Waals surface area contributed by atoms with E-state index in [4.69, 9.17) is 33.2 Å². The molecule has 0 amide bonds. The summed E-state index contributed by atoms with van der Waals surface area (Å²) in [6.45, 7) is 0. The Bertz CT molecular complexity index is 1220. The first kappa shape index (κ1) is 27.7. The van der Waals surface area contributed by atoms with Gasteiger partial charge < -0.3 is 37.9 Å². The van der Waals surface area contributed by atoms with Crippen molar-refractivity contribution in [3.63, 3.8) is 0 Å². The molecule has 0 fully saturated rings. The van der Waals surface area contributed by atoms with Gasteiger partial charge in [-0.1, -0.05) is 12.2 Å². The van der Waals surface area contributed by atoms with Gasteiger partial charge in [-0.3, -0.25) is 0 Å². The van der Waals surface area contributed by atoms with Gasteiger partial charge in [-0.2, -0.15) is 0 Å². The summed E-state index contributed by atoms with van der Waals surface area (Å²) in [5.41, 5.74) is 1.60. The van der Waals surface area contributed by atoms with Crippen molar-refractivity contribution in [2.45, 2.75) is 4.90 Å². The third-order valence-electron chi connectivity index (χ3n) is 5.41. The molecule has 0 aliphatic heterocycles. The number of methoxy groups -OCH3 is 7. The molecule has 0 bridgehead atoms. The minimum Gasteiger partial charge on any atom is -0.494 e. The van der Waals surface area contributed by atoms with Gasteiger partial charge in [-0.15, -0.1) is 0 Å². The van der Waals surface area contributed by atoms with Crippen LogP contribution in [0, 0.1) is 5.82 Å². The summed E-state index contributed by atoms with van der Waals surface area (Å²) in [5.74, 6) is 2.53. The molecule has 0 aliphatic rings. The number of benzene rings is 3. The zero-order valence-electron chi connectivity index (χ0n) is 21.8. The predicted molar refractivity (Wildman–Crippen MR) is 144 cm³/mol. The van der Waals surface area contributed by atoms with Crippen molar-refractivity contribution in [3.05, 3.63) is 53.3 Å². The number of halogens is 1. The Balaban J connectivity index is 1.98. The van der Waals surface area contributed by atoms with Crippen molar-refractivity contribution in [1.82, 2.24) is 0 Å². The average molecular weight is 532 g/mol. The number of anilines is 1. The van der Waals surface area contributed by atoms with Crippen LogP contribution in [0.2, 0.25) is 0 Å². The number of ether oxygens (including phenoxy) is 7. The Morgan fingerprint density at radius 3 is 1.57 bits per heavy atom. The molecular weight excluding hydrogens is 501 g/mol. The Kier molecular flexibility index (Phi) is 9.62. The summed E-state index contributed by atoms with van der Waals surface area (Å²) in [6, 6.07) is 10.5. The van der Waals surface area contributed by atoms with Crippen LogP contribution in [-0.4, -0.2) is 49.8 Å². The van der Waals surface area contributed by atoms with Gasteiger partial charge in [0.05, 0.1) is 55.5 Å². The fourth-order valence-electron chi connectivity index (χ4n) is 3.58. The van der Waals surface area contributed by atoms with Gasteiger partial charge in [0.2, 0.25) is 11.5 Å². The molecule has 0 radical (unpaired) electrons. The normalized spacial score (nSPS) is 10.7. The summed E-state index contributed by atoms with van der Waals surface area (Å²) in [4.78, 5) is 0.719. The number of rotatable bonds is 12. The monoisotopic (exact) mass is 531 g/mol. The van der Waals surface area contributed by atoms with E-state index in [2.05, 4.69) is 4.72 Å². The quantitative estimate of drug-likeness (QED) is 0.218. The van der Waals surface area contributed by atoms with E-state index in [9.17, 15) is 0 Å². The van der Waals surface area contributed by atoms with E-state index in [0.717, 1.165) is 10.5 Å². The van der Waals surface area contributed by atoms with E-state index in [1.807, 2.05) is 6.08 Å². The SMILES string of the molecule is COc1ccc(/C=C\c2cc(OC)c(OC)c(OC)c2)c(NSc2cc(OC)c(OC)c(OC)c2)c1F. The van der Waals surface area contributed by atoms with Crippen LogP contribution in [0.3, 0.4) is 0 Å². The largest absolute Gasteiger partial charge is 0.494 e. The second kappa shape index (κ2) is 12.9. The van der Waals surface area contributed by atoms with Crippen molar-refractivity contribution < 1.29 is 37.5 Å². The van der Waals surface area contributed by atoms with Crippen LogP contribution in [0.25, 0.3) is 12.2 Å².